The van der Waals surface area contributed by atoms with Crippen LogP contribution in [0.25, 0.3) is 0 Å². The van der Waals surface area contributed by atoms with Gasteiger partial charge in [0.2, 0.25) is 0 Å². The van der Waals surface area contributed by atoms with Crippen molar-refractivity contribution in [3.05, 3.63) is 17.5 Å². The Morgan fingerprint density at radius 1 is 1.12 bits per heavy atom. The van der Waals surface area contributed by atoms with Crippen LogP contribution in [-0.2, 0) is 16.7 Å². The van der Waals surface area contributed by atoms with Crippen LogP contribution < -0.4 is 0 Å². The summed E-state index contributed by atoms with van der Waals surface area (Å²) in [6.07, 6.45) is 4.68. The zero-order valence-corrected chi connectivity index (χ0v) is 16.9. The van der Waals surface area contributed by atoms with Gasteiger partial charge >= 0.3 is 6.09 Å². The Hall–Kier alpha value is -1.85. The van der Waals surface area contributed by atoms with Crippen molar-refractivity contribution in [1.29, 1.82) is 0 Å². The summed E-state index contributed by atoms with van der Waals surface area (Å²) in [5.41, 5.74) is 1.10. The number of carbonyl (C=O) groups excluding carboxylic acids is 2. The molecule has 0 saturated carbocycles. The van der Waals surface area contributed by atoms with Gasteiger partial charge in [0.05, 0.1) is 11.7 Å². The Morgan fingerprint density at radius 2 is 1.73 bits per heavy atom. The van der Waals surface area contributed by atoms with Crippen molar-refractivity contribution < 1.29 is 14.3 Å². The van der Waals surface area contributed by atoms with Gasteiger partial charge in [-0.25, -0.2) is 4.79 Å². The number of Topliss-reactive ketones (excluding diaryl/α,β-unsaturated/α-hetero) is 1. The summed E-state index contributed by atoms with van der Waals surface area (Å²) < 4.78 is 7.35. The number of likely N-dealkylation sites (tertiary alicyclic amines) is 1. The monoisotopic (exact) mass is 361 g/mol. The molecule has 1 fully saturated rings. The summed E-state index contributed by atoms with van der Waals surface area (Å²) in [7, 11) is 0. The van der Waals surface area contributed by atoms with Gasteiger partial charge in [0.25, 0.3) is 0 Å². The lowest BCUT2D eigenvalue weighted by Gasteiger charge is -2.43. The Morgan fingerprint density at radius 3 is 2.27 bits per heavy atom. The molecule has 2 heterocycles. The molecule has 3 rings (SSSR count). The van der Waals surface area contributed by atoms with Crippen molar-refractivity contribution >= 4 is 11.9 Å². The highest BCUT2D eigenvalue weighted by atomic mass is 16.6. The Kier molecular flexibility index (Phi) is 4.44. The van der Waals surface area contributed by atoms with Gasteiger partial charge in [-0.2, -0.15) is 5.10 Å². The molecule has 0 atom stereocenters. The number of nitrogens with zero attached hydrogens (tertiary/aromatic N) is 3. The standard InChI is InChI=1S/C20H31N3O3/c1-18(2,3)23-16-14(13-21-23)11-20(12-15(16)24)7-9-22(10-8-20)17(25)26-19(4,5)6/h13H,7-12H2,1-6H3. The number of ether oxygens (including phenoxy) is 1. The van der Waals surface area contributed by atoms with Crippen LogP contribution >= 0.6 is 0 Å². The van der Waals surface area contributed by atoms with Crippen LogP contribution in [-0.4, -0.2) is 45.2 Å². The fraction of sp³-hybridized carbons (Fsp3) is 0.750. The SMILES string of the molecule is CC(C)(C)OC(=O)N1CCC2(CC1)CC(=O)c1c(cnn1C(C)(C)C)C2. The molecule has 1 aliphatic heterocycles. The number of ketones is 1. The molecule has 6 heteroatoms. The lowest BCUT2D eigenvalue weighted by Crippen LogP contribution is -2.47. The first-order valence-electron chi connectivity index (χ1n) is 9.49. The normalized spacial score (nSPS) is 20.2. The third kappa shape index (κ3) is 3.64. The molecule has 0 bridgehead atoms. The Bertz CT molecular complexity index is 714. The molecule has 1 spiro atoms. The number of aromatic nitrogens is 2. The number of fused-ring (bicyclic) bond motifs is 1. The highest BCUT2D eigenvalue weighted by Crippen LogP contribution is 2.44. The van der Waals surface area contributed by atoms with E-state index in [9.17, 15) is 9.59 Å². The number of carbonyl (C=O) groups is 2. The van der Waals surface area contributed by atoms with Crippen LogP contribution in [0.1, 0.15) is 76.9 Å². The number of piperidine rings is 1. The first kappa shape index (κ1) is 18.9. The first-order valence-corrected chi connectivity index (χ1v) is 9.49. The maximum Gasteiger partial charge on any atom is 0.410 e. The van der Waals surface area contributed by atoms with Crippen molar-refractivity contribution in [2.45, 2.75) is 78.4 Å². The minimum absolute atomic E-state index is 0.0473. The summed E-state index contributed by atoms with van der Waals surface area (Å²) in [4.78, 5) is 27.0. The van der Waals surface area contributed by atoms with Gasteiger partial charge in [0, 0.05) is 25.1 Å². The molecule has 26 heavy (non-hydrogen) atoms. The maximum absolute atomic E-state index is 12.9. The fourth-order valence-electron chi connectivity index (χ4n) is 4.05. The van der Waals surface area contributed by atoms with Gasteiger partial charge in [-0.1, -0.05) is 0 Å². The van der Waals surface area contributed by atoms with Crippen molar-refractivity contribution in [3.63, 3.8) is 0 Å². The van der Waals surface area contributed by atoms with E-state index >= 15 is 0 Å². The summed E-state index contributed by atoms with van der Waals surface area (Å²) in [6.45, 7) is 13.1. The molecular weight excluding hydrogens is 330 g/mol. The highest BCUT2D eigenvalue weighted by molar-refractivity contribution is 5.97. The second kappa shape index (κ2) is 6.10. The molecule has 2 aliphatic rings. The molecule has 1 aliphatic carbocycles. The molecule has 0 radical (unpaired) electrons. The third-order valence-corrected chi connectivity index (χ3v) is 5.32. The first-order chi connectivity index (χ1) is 11.9. The average molecular weight is 361 g/mol. The van der Waals surface area contributed by atoms with Crippen LogP contribution in [0, 0.1) is 5.41 Å². The third-order valence-electron chi connectivity index (χ3n) is 5.32. The molecule has 144 valence electrons. The van der Waals surface area contributed by atoms with Crippen molar-refractivity contribution in [3.8, 4) is 0 Å². The van der Waals surface area contributed by atoms with Gasteiger partial charge in [0.1, 0.15) is 11.3 Å². The zero-order valence-electron chi connectivity index (χ0n) is 16.9. The highest BCUT2D eigenvalue weighted by Gasteiger charge is 2.44. The van der Waals surface area contributed by atoms with Gasteiger partial charge in [-0.3, -0.25) is 9.48 Å². The molecule has 1 aromatic rings. The van der Waals surface area contributed by atoms with Gasteiger partial charge < -0.3 is 9.64 Å². The lowest BCUT2D eigenvalue weighted by molar-refractivity contribution is 0.00874. The van der Waals surface area contributed by atoms with Crippen LogP contribution in [0.2, 0.25) is 0 Å². The predicted molar refractivity (Wildman–Crippen MR) is 99.3 cm³/mol. The van der Waals surface area contributed by atoms with E-state index in [1.165, 1.54) is 0 Å². The van der Waals surface area contributed by atoms with Crippen LogP contribution in [0.3, 0.4) is 0 Å². The van der Waals surface area contributed by atoms with E-state index in [0.29, 0.717) is 19.5 Å². The molecule has 0 N–H and O–H groups in total. The Labute approximate surface area is 155 Å². The van der Waals surface area contributed by atoms with E-state index in [1.807, 2.05) is 31.6 Å². The maximum atomic E-state index is 12.9. The van der Waals surface area contributed by atoms with Crippen molar-refractivity contribution in [1.82, 2.24) is 14.7 Å². The van der Waals surface area contributed by atoms with Crippen molar-refractivity contribution in [2.24, 2.45) is 5.41 Å². The predicted octanol–water partition coefficient (Wildman–Crippen LogP) is 3.78. The number of amides is 1. The van der Waals surface area contributed by atoms with E-state index in [2.05, 4.69) is 25.9 Å². The van der Waals surface area contributed by atoms with Crippen LogP contribution in [0.4, 0.5) is 4.79 Å². The molecule has 1 amide bonds. The Balaban J connectivity index is 1.72. The summed E-state index contributed by atoms with van der Waals surface area (Å²) in [6, 6.07) is 0. The van der Waals surface area contributed by atoms with E-state index in [0.717, 1.165) is 30.5 Å². The van der Waals surface area contributed by atoms with E-state index < -0.39 is 5.60 Å². The molecule has 1 saturated heterocycles. The van der Waals surface area contributed by atoms with E-state index in [-0.39, 0.29) is 22.8 Å². The molecule has 6 nitrogen and oxygen atoms in total. The van der Waals surface area contributed by atoms with E-state index in [1.54, 1.807) is 4.90 Å². The summed E-state index contributed by atoms with van der Waals surface area (Å²) in [5.74, 6) is 0.185. The summed E-state index contributed by atoms with van der Waals surface area (Å²) in [5, 5.41) is 4.49. The van der Waals surface area contributed by atoms with Crippen molar-refractivity contribution in [2.75, 3.05) is 13.1 Å². The molecular formula is C20H31N3O3. The zero-order chi connectivity index (χ0) is 19.3. The quantitative estimate of drug-likeness (QED) is 0.705. The van der Waals surface area contributed by atoms with Gasteiger partial charge in [-0.05, 0) is 66.2 Å². The molecule has 0 aromatic carbocycles. The minimum atomic E-state index is -0.483. The smallest absolute Gasteiger partial charge is 0.410 e. The lowest BCUT2D eigenvalue weighted by atomic mass is 9.67. The van der Waals surface area contributed by atoms with Crippen LogP contribution in [0.5, 0.6) is 0 Å². The summed E-state index contributed by atoms with van der Waals surface area (Å²) >= 11 is 0. The van der Waals surface area contributed by atoms with Gasteiger partial charge in [-0.15, -0.1) is 0 Å². The fourth-order valence-corrected chi connectivity index (χ4v) is 4.05. The molecule has 1 aromatic heterocycles. The minimum Gasteiger partial charge on any atom is -0.444 e. The number of hydrogen-bond acceptors (Lipinski definition) is 4. The average Bonchev–Trinajstić information content (AvgIpc) is 2.90. The van der Waals surface area contributed by atoms with E-state index in [4.69, 9.17) is 4.74 Å². The second-order valence-corrected chi connectivity index (χ2v) is 9.85. The molecule has 0 unspecified atom stereocenters. The number of rotatable bonds is 0. The van der Waals surface area contributed by atoms with Crippen LogP contribution in [0.15, 0.2) is 6.20 Å². The topological polar surface area (TPSA) is 64.4 Å². The largest absolute Gasteiger partial charge is 0.444 e. The van der Waals surface area contributed by atoms with Gasteiger partial charge in [0.15, 0.2) is 5.78 Å². The number of hydrogen-bond donors (Lipinski definition) is 0. The second-order valence-electron chi connectivity index (χ2n) is 9.85.